The summed E-state index contributed by atoms with van der Waals surface area (Å²) in [6.45, 7) is 2.15. The van der Waals surface area contributed by atoms with Gasteiger partial charge < -0.3 is 14.1 Å². The van der Waals surface area contributed by atoms with Crippen LogP contribution < -0.4 is 4.90 Å². The SMILES string of the molecule is COCc1ccc(C2CCCN2C2CCN(c3cnn(C)c3)C2=O)o1. The first kappa shape index (κ1) is 16.4. The second-order valence-corrected chi connectivity index (χ2v) is 6.80. The predicted molar refractivity (Wildman–Crippen MR) is 92.1 cm³/mol. The van der Waals surface area contributed by atoms with Gasteiger partial charge in [0, 0.05) is 26.9 Å². The number of ether oxygens (including phenoxy) is 1. The molecule has 2 saturated heterocycles. The molecular weight excluding hydrogens is 320 g/mol. The van der Waals surface area contributed by atoms with Crippen molar-refractivity contribution in [2.24, 2.45) is 7.05 Å². The van der Waals surface area contributed by atoms with Crippen molar-refractivity contribution in [3.05, 3.63) is 36.0 Å². The lowest BCUT2D eigenvalue weighted by atomic mass is 10.1. The van der Waals surface area contributed by atoms with E-state index in [-0.39, 0.29) is 18.0 Å². The zero-order chi connectivity index (χ0) is 17.4. The minimum Gasteiger partial charge on any atom is -0.462 e. The van der Waals surface area contributed by atoms with Crippen LogP contribution in [0, 0.1) is 0 Å². The maximum atomic E-state index is 13.0. The van der Waals surface area contributed by atoms with Crippen LogP contribution in [0.2, 0.25) is 0 Å². The van der Waals surface area contributed by atoms with Crippen LogP contribution in [-0.2, 0) is 23.2 Å². The van der Waals surface area contributed by atoms with Gasteiger partial charge in [0.05, 0.1) is 24.0 Å². The summed E-state index contributed by atoms with van der Waals surface area (Å²) in [5.41, 5.74) is 0.881. The highest BCUT2D eigenvalue weighted by atomic mass is 16.5. The number of hydrogen-bond donors (Lipinski definition) is 0. The van der Waals surface area contributed by atoms with E-state index in [0.29, 0.717) is 6.61 Å². The third-order valence-corrected chi connectivity index (χ3v) is 5.17. The van der Waals surface area contributed by atoms with E-state index in [1.807, 2.05) is 30.3 Å². The van der Waals surface area contributed by atoms with Gasteiger partial charge in [0.25, 0.3) is 0 Å². The van der Waals surface area contributed by atoms with Crippen LogP contribution in [0.15, 0.2) is 28.9 Å². The predicted octanol–water partition coefficient (Wildman–Crippen LogP) is 2.10. The molecule has 2 aliphatic heterocycles. The van der Waals surface area contributed by atoms with E-state index in [1.54, 1.807) is 18.0 Å². The average molecular weight is 344 g/mol. The molecule has 2 aromatic rings. The largest absolute Gasteiger partial charge is 0.462 e. The fraction of sp³-hybridized carbons (Fsp3) is 0.556. The molecular formula is C18H24N4O3. The molecule has 2 atom stereocenters. The number of aromatic nitrogens is 2. The number of hydrogen-bond acceptors (Lipinski definition) is 5. The van der Waals surface area contributed by atoms with Gasteiger partial charge in [-0.1, -0.05) is 0 Å². The Morgan fingerprint density at radius 1 is 1.28 bits per heavy atom. The third kappa shape index (κ3) is 2.98. The standard InChI is InChI=1S/C18H24N4O3/c1-20-11-13(10-19-20)21-9-7-16(18(21)23)22-8-3-4-15(22)17-6-5-14(25-17)12-24-2/h5-6,10-11,15-16H,3-4,7-9,12H2,1-2H3. The second-order valence-electron chi connectivity index (χ2n) is 6.80. The molecule has 4 rings (SSSR count). The van der Waals surface area contributed by atoms with Crippen LogP contribution in [-0.4, -0.2) is 46.8 Å². The number of aryl methyl sites for hydroxylation is 1. The summed E-state index contributed by atoms with van der Waals surface area (Å²) in [6.07, 6.45) is 6.60. The Kier molecular flexibility index (Phi) is 4.35. The van der Waals surface area contributed by atoms with Gasteiger partial charge >= 0.3 is 0 Å². The maximum Gasteiger partial charge on any atom is 0.244 e. The molecule has 0 N–H and O–H groups in total. The van der Waals surface area contributed by atoms with Crippen LogP contribution in [0.1, 0.15) is 36.8 Å². The lowest BCUT2D eigenvalue weighted by molar-refractivity contribution is -0.122. The molecule has 2 aromatic heterocycles. The first-order valence-electron chi connectivity index (χ1n) is 8.80. The summed E-state index contributed by atoms with van der Waals surface area (Å²) in [7, 11) is 3.53. The number of anilines is 1. The van der Waals surface area contributed by atoms with Crippen molar-refractivity contribution in [2.45, 2.75) is 38.0 Å². The van der Waals surface area contributed by atoms with Crippen LogP contribution in [0.25, 0.3) is 0 Å². The second kappa shape index (κ2) is 6.65. The highest BCUT2D eigenvalue weighted by Gasteiger charge is 2.42. The molecule has 2 aliphatic rings. The molecule has 4 heterocycles. The monoisotopic (exact) mass is 344 g/mol. The molecule has 134 valence electrons. The van der Waals surface area contributed by atoms with E-state index in [1.165, 1.54) is 0 Å². The van der Waals surface area contributed by atoms with Gasteiger partial charge in [-0.2, -0.15) is 5.10 Å². The Hall–Kier alpha value is -2.12. The van der Waals surface area contributed by atoms with Gasteiger partial charge in [-0.25, -0.2) is 0 Å². The molecule has 25 heavy (non-hydrogen) atoms. The molecule has 0 bridgehead atoms. The molecule has 0 aromatic carbocycles. The quantitative estimate of drug-likeness (QED) is 0.831. The van der Waals surface area contributed by atoms with E-state index in [4.69, 9.17) is 9.15 Å². The van der Waals surface area contributed by atoms with Crippen molar-refractivity contribution in [3.63, 3.8) is 0 Å². The minimum atomic E-state index is -0.0799. The number of carbonyl (C=O) groups is 1. The normalized spacial score (nSPS) is 24.6. The Balaban J connectivity index is 1.51. The molecule has 7 nitrogen and oxygen atoms in total. The molecule has 2 fully saturated rings. The van der Waals surface area contributed by atoms with Crippen LogP contribution in [0.5, 0.6) is 0 Å². The van der Waals surface area contributed by atoms with Crippen LogP contribution in [0.4, 0.5) is 5.69 Å². The van der Waals surface area contributed by atoms with Crippen molar-refractivity contribution < 1.29 is 13.9 Å². The van der Waals surface area contributed by atoms with Crippen LogP contribution in [0.3, 0.4) is 0 Å². The zero-order valence-electron chi connectivity index (χ0n) is 14.7. The zero-order valence-corrected chi connectivity index (χ0v) is 14.7. The van der Waals surface area contributed by atoms with Crippen molar-refractivity contribution >= 4 is 11.6 Å². The van der Waals surface area contributed by atoms with E-state index < -0.39 is 0 Å². The smallest absolute Gasteiger partial charge is 0.244 e. The number of amides is 1. The maximum absolute atomic E-state index is 13.0. The number of methoxy groups -OCH3 is 1. The third-order valence-electron chi connectivity index (χ3n) is 5.17. The van der Waals surface area contributed by atoms with E-state index in [2.05, 4.69) is 10.00 Å². The van der Waals surface area contributed by atoms with Gasteiger partial charge in [0.15, 0.2) is 0 Å². The lowest BCUT2D eigenvalue weighted by Crippen LogP contribution is -2.41. The Morgan fingerprint density at radius 2 is 2.16 bits per heavy atom. The van der Waals surface area contributed by atoms with Crippen molar-refractivity contribution in [2.75, 3.05) is 25.1 Å². The minimum absolute atomic E-state index is 0.0799. The number of furan rings is 1. The van der Waals surface area contributed by atoms with E-state index in [9.17, 15) is 4.79 Å². The van der Waals surface area contributed by atoms with E-state index in [0.717, 1.165) is 49.6 Å². The fourth-order valence-electron chi connectivity index (χ4n) is 4.04. The molecule has 7 heteroatoms. The molecule has 2 unspecified atom stereocenters. The van der Waals surface area contributed by atoms with Gasteiger partial charge in [-0.05, 0) is 37.9 Å². The van der Waals surface area contributed by atoms with Crippen molar-refractivity contribution in [1.82, 2.24) is 14.7 Å². The topological polar surface area (TPSA) is 63.7 Å². The summed E-state index contributed by atoms with van der Waals surface area (Å²) in [5.74, 6) is 1.94. The molecule has 0 aliphatic carbocycles. The summed E-state index contributed by atoms with van der Waals surface area (Å²) in [5, 5.41) is 4.18. The molecule has 1 amide bonds. The molecule has 0 spiro atoms. The lowest BCUT2D eigenvalue weighted by Gasteiger charge is -2.28. The number of nitrogens with zero attached hydrogens (tertiary/aromatic N) is 4. The van der Waals surface area contributed by atoms with Crippen molar-refractivity contribution in [3.8, 4) is 0 Å². The number of likely N-dealkylation sites (tertiary alicyclic amines) is 1. The molecule has 0 saturated carbocycles. The Labute approximate surface area is 147 Å². The summed E-state index contributed by atoms with van der Waals surface area (Å²) in [4.78, 5) is 17.1. The first-order chi connectivity index (χ1) is 12.2. The van der Waals surface area contributed by atoms with Crippen molar-refractivity contribution in [1.29, 1.82) is 0 Å². The van der Waals surface area contributed by atoms with Gasteiger partial charge in [0.2, 0.25) is 5.91 Å². The summed E-state index contributed by atoms with van der Waals surface area (Å²) < 4.78 is 12.8. The van der Waals surface area contributed by atoms with Gasteiger partial charge in [-0.3, -0.25) is 14.4 Å². The fourth-order valence-corrected chi connectivity index (χ4v) is 4.04. The number of carbonyl (C=O) groups excluding carboxylic acids is 1. The number of rotatable bonds is 5. The summed E-state index contributed by atoms with van der Waals surface area (Å²) >= 11 is 0. The summed E-state index contributed by atoms with van der Waals surface area (Å²) in [6, 6.07) is 4.08. The Morgan fingerprint density at radius 3 is 2.92 bits per heavy atom. The highest BCUT2D eigenvalue weighted by molar-refractivity contribution is 5.99. The van der Waals surface area contributed by atoms with E-state index >= 15 is 0 Å². The van der Waals surface area contributed by atoms with Gasteiger partial charge in [-0.15, -0.1) is 0 Å². The first-order valence-corrected chi connectivity index (χ1v) is 8.80. The Bertz CT molecular complexity index is 753. The van der Waals surface area contributed by atoms with Crippen LogP contribution >= 0.6 is 0 Å². The van der Waals surface area contributed by atoms with Gasteiger partial charge in [0.1, 0.15) is 18.1 Å². The molecule has 0 radical (unpaired) electrons. The average Bonchev–Trinajstić information content (AvgIpc) is 3.34. The highest BCUT2D eigenvalue weighted by Crippen LogP contribution is 2.37.